The first-order valence-corrected chi connectivity index (χ1v) is 6.48. The molecule has 0 saturated carbocycles. The second-order valence-electron chi connectivity index (χ2n) is 4.64. The summed E-state index contributed by atoms with van der Waals surface area (Å²) in [5.74, 6) is 0.657. The molecule has 0 aliphatic carbocycles. The van der Waals surface area contributed by atoms with Gasteiger partial charge < -0.3 is 10.1 Å². The van der Waals surface area contributed by atoms with Crippen LogP contribution in [0.3, 0.4) is 0 Å². The first-order chi connectivity index (χ1) is 8.22. The van der Waals surface area contributed by atoms with Crippen LogP contribution < -0.4 is 5.32 Å². The zero-order valence-electron chi connectivity index (χ0n) is 11.5. The molecule has 1 N–H and O–H groups in total. The molecule has 96 valence electrons. The van der Waals surface area contributed by atoms with Gasteiger partial charge in [-0.2, -0.15) is 0 Å². The molecular formula is C15H25NO. The maximum atomic E-state index is 5.09. The van der Waals surface area contributed by atoms with Crippen molar-refractivity contribution in [2.24, 2.45) is 5.92 Å². The van der Waals surface area contributed by atoms with E-state index in [0.29, 0.717) is 12.0 Å². The number of hydrogen-bond donors (Lipinski definition) is 1. The van der Waals surface area contributed by atoms with Crippen LogP contribution in [-0.4, -0.2) is 20.8 Å². The first kappa shape index (κ1) is 14.2. The lowest BCUT2D eigenvalue weighted by molar-refractivity contribution is 0.202. The minimum Gasteiger partial charge on any atom is -0.384 e. The van der Waals surface area contributed by atoms with E-state index in [1.54, 1.807) is 7.11 Å². The Hall–Kier alpha value is -0.860. The quantitative estimate of drug-likeness (QED) is 0.783. The highest BCUT2D eigenvalue weighted by atomic mass is 16.5. The molecule has 2 nitrogen and oxygen atoms in total. The molecule has 2 atom stereocenters. The monoisotopic (exact) mass is 235 g/mol. The van der Waals surface area contributed by atoms with Gasteiger partial charge in [-0.3, -0.25) is 0 Å². The summed E-state index contributed by atoms with van der Waals surface area (Å²) in [4.78, 5) is 0. The molecule has 0 saturated heterocycles. The van der Waals surface area contributed by atoms with Crippen molar-refractivity contribution in [2.75, 3.05) is 20.8 Å². The van der Waals surface area contributed by atoms with Crippen LogP contribution >= 0.6 is 0 Å². The Labute approximate surface area is 105 Å². The molecule has 0 spiro atoms. The van der Waals surface area contributed by atoms with Gasteiger partial charge in [0.2, 0.25) is 0 Å². The zero-order valence-corrected chi connectivity index (χ0v) is 11.5. The van der Waals surface area contributed by atoms with E-state index >= 15 is 0 Å². The van der Waals surface area contributed by atoms with Crippen molar-refractivity contribution in [3.63, 3.8) is 0 Å². The lowest BCUT2D eigenvalue weighted by Crippen LogP contribution is -2.23. The SMILES string of the molecule is CCC(C)C(NC)c1ccc(CCOC)cc1. The summed E-state index contributed by atoms with van der Waals surface area (Å²) in [6.45, 7) is 5.32. The minimum atomic E-state index is 0.455. The Morgan fingerprint density at radius 1 is 1.24 bits per heavy atom. The van der Waals surface area contributed by atoms with Crippen LogP contribution in [0.1, 0.15) is 37.4 Å². The molecule has 0 aliphatic heterocycles. The summed E-state index contributed by atoms with van der Waals surface area (Å²) in [6, 6.07) is 9.34. The Kier molecular flexibility index (Phi) is 6.23. The Morgan fingerprint density at radius 2 is 1.88 bits per heavy atom. The highest BCUT2D eigenvalue weighted by Gasteiger charge is 2.15. The van der Waals surface area contributed by atoms with Crippen molar-refractivity contribution < 1.29 is 4.74 Å². The van der Waals surface area contributed by atoms with Gasteiger partial charge >= 0.3 is 0 Å². The molecule has 0 aromatic heterocycles. The van der Waals surface area contributed by atoms with Crippen molar-refractivity contribution in [1.29, 1.82) is 0 Å². The molecule has 0 amide bonds. The van der Waals surface area contributed by atoms with Gasteiger partial charge in [-0.05, 0) is 30.5 Å². The molecule has 0 heterocycles. The Balaban J connectivity index is 2.71. The van der Waals surface area contributed by atoms with Gasteiger partial charge in [-0.25, -0.2) is 0 Å². The summed E-state index contributed by atoms with van der Waals surface area (Å²) >= 11 is 0. The van der Waals surface area contributed by atoms with E-state index < -0.39 is 0 Å². The third-order valence-corrected chi connectivity index (χ3v) is 3.46. The van der Waals surface area contributed by atoms with Crippen LogP contribution in [0.25, 0.3) is 0 Å². The maximum Gasteiger partial charge on any atom is 0.0502 e. The third kappa shape index (κ3) is 4.14. The van der Waals surface area contributed by atoms with Crippen molar-refractivity contribution in [1.82, 2.24) is 5.32 Å². The fraction of sp³-hybridized carbons (Fsp3) is 0.600. The second kappa shape index (κ2) is 7.46. The summed E-state index contributed by atoms with van der Waals surface area (Å²) in [5, 5.41) is 3.41. The Morgan fingerprint density at radius 3 is 2.35 bits per heavy atom. The van der Waals surface area contributed by atoms with Gasteiger partial charge in [0.15, 0.2) is 0 Å². The van der Waals surface area contributed by atoms with E-state index in [1.165, 1.54) is 17.5 Å². The standard InChI is InChI=1S/C15H25NO/c1-5-12(2)15(16-3)14-8-6-13(7-9-14)10-11-17-4/h6-9,12,15-16H,5,10-11H2,1-4H3. The lowest BCUT2D eigenvalue weighted by atomic mass is 9.92. The van der Waals surface area contributed by atoms with Crippen molar-refractivity contribution in [3.8, 4) is 0 Å². The van der Waals surface area contributed by atoms with Crippen molar-refractivity contribution in [2.45, 2.75) is 32.7 Å². The van der Waals surface area contributed by atoms with Crippen LogP contribution in [0, 0.1) is 5.92 Å². The van der Waals surface area contributed by atoms with Gasteiger partial charge in [0.1, 0.15) is 0 Å². The predicted molar refractivity (Wildman–Crippen MR) is 73.3 cm³/mol. The number of ether oxygens (including phenoxy) is 1. The molecular weight excluding hydrogens is 210 g/mol. The van der Waals surface area contributed by atoms with Crippen LogP contribution in [0.15, 0.2) is 24.3 Å². The van der Waals surface area contributed by atoms with E-state index in [1.807, 2.05) is 7.05 Å². The molecule has 2 heteroatoms. The van der Waals surface area contributed by atoms with E-state index in [4.69, 9.17) is 4.74 Å². The summed E-state index contributed by atoms with van der Waals surface area (Å²) in [5.41, 5.74) is 2.72. The number of rotatable bonds is 7. The number of methoxy groups -OCH3 is 1. The van der Waals surface area contributed by atoms with E-state index in [2.05, 4.69) is 43.4 Å². The van der Waals surface area contributed by atoms with Crippen LogP contribution in [0.5, 0.6) is 0 Å². The van der Waals surface area contributed by atoms with Crippen molar-refractivity contribution in [3.05, 3.63) is 35.4 Å². The smallest absolute Gasteiger partial charge is 0.0502 e. The predicted octanol–water partition coefficient (Wildman–Crippen LogP) is 3.18. The van der Waals surface area contributed by atoms with Crippen LogP contribution in [0.4, 0.5) is 0 Å². The number of nitrogens with one attached hydrogen (secondary N) is 1. The summed E-state index contributed by atoms with van der Waals surface area (Å²) in [7, 11) is 3.78. The molecule has 2 unspecified atom stereocenters. The van der Waals surface area contributed by atoms with E-state index in [9.17, 15) is 0 Å². The summed E-state index contributed by atoms with van der Waals surface area (Å²) in [6.07, 6.45) is 2.18. The molecule has 0 fully saturated rings. The first-order valence-electron chi connectivity index (χ1n) is 6.48. The van der Waals surface area contributed by atoms with Gasteiger partial charge in [0, 0.05) is 13.2 Å². The van der Waals surface area contributed by atoms with Gasteiger partial charge in [-0.15, -0.1) is 0 Å². The molecule has 0 bridgehead atoms. The second-order valence-corrected chi connectivity index (χ2v) is 4.64. The molecule has 1 rings (SSSR count). The highest BCUT2D eigenvalue weighted by Crippen LogP contribution is 2.24. The fourth-order valence-corrected chi connectivity index (χ4v) is 2.13. The molecule has 0 radical (unpaired) electrons. The van der Waals surface area contributed by atoms with Gasteiger partial charge in [0.25, 0.3) is 0 Å². The highest BCUT2D eigenvalue weighted by molar-refractivity contribution is 5.25. The van der Waals surface area contributed by atoms with E-state index in [0.717, 1.165) is 13.0 Å². The van der Waals surface area contributed by atoms with E-state index in [-0.39, 0.29) is 0 Å². The number of hydrogen-bond acceptors (Lipinski definition) is 2. The van der Waals surface area contributed by atoms with Gasteiger partial charge in [-0.1, -0.05) is 44.5 Å². The lowest BCUT2D eigenvalue weighted by Gasteiger charge is -2.23. The maximum absolute atomic E-state index is 5.09. The number of benzene rings is 1. The minimum absolute atomic E-state index is 0.455. The molecule has 17 heavy (non-hydrogen) atoms. The molecule has 1 aromatic rings. The van der Waals surface area contributed by atoms with Gasteiger partial charge in [0.05, 0.1) is 6.61 Å². The summed E-state index contributed by atoms with van der Waals surface area (Å²) < 4.78 is 5.09. The Bertz CT molecular complexity index is 307. The topological polar surface area (TPSA) is 21.3 Å². The normalized spacial score (nSPS) is 14.6. The largest absolute Gasteiger partial charge is 0.384 e. The van der Waals surface area contributed by atoms with Crippen LogP contribution in [-0.2, 0) is 11.2 Å². The molecule has 1 aromatic carbocycles. The zero-order chi connectivity index (χ0) is 12.7. The fourth-order valence-electron chi connectivity index (χ4n) is 2.13. The van der Waals surface area contributed by atoms with Crippen molar-refractivity contribution >= 4 is 0 Å². The average molecular weight is 235 g/mol. The molecule has 0 aliphatic rings. The van der Waals surface area contributed by atoms with Crippen LogP contribution in [0.2, 0.25) is 0 Å². The third-order valence-electron chi connectivity index (χ3n) is 3.46. The average Bonchev–Trinajstić information content (AvgIpc) is 2.38.